The number of aryl methyl sites for hydroxylation is 1. The second-order valence-corrected chi connectivity index (χ2v) is 3.50. The molecule has 2 heterocycles. The van der Waals surface area contributed by atoms with Crippen molar-refractivity contribution in [3.05, 3.63) is 30.0 Å². The summed E-state index contributed by atoms with van der Waals surface area (Å²) in [6.45, 7) is 2.68. The number of anilines is 2. The summed E-state index contributed by atoms with van der Waals surface area (Å²) in [4.78, 5) is 8.20. The molecule has 0 saturated heterocycles. The number of aromatic amines is 1. The van der Waals surface area contributed by atoms with Gasteiger partial charge in [-0.3, -0.25) is 5.10 Å². The van der Waals surface area contributed by atoms with E-state index in [9.17, 15) is 0 Å². The molecule has 6 heteroatoms. The van der Waals surface area contributed by atoms with E-state index >= 15 is 0 Å². The molecule has 0 radical (unpaired) electrons. The van der Waals surface area contributed by atoms with Gasteiger partial charge in [-0.2, -0.15) is 5.10 Å². The van der Waals surface area contributed by atoms with Crippen LogP contribution in [0.15, 0.2) is 18.6 Å². The van der Waals surface area contributed by atoms with E-state index in [2.05, 4.69) is 25.5 Å². The predicted molar refractivity (Wildman–Crippen MR) is 62.0 cm³/mol. The fraction of sp³-hybridized carbons (Fsp3) is 0.300. The highest BCUT2D eigenvalue weighted by atomic mass is 15.2. The first-order valence-corrected chi connectivity index (χ1v) is 5.06. The summed E-state index contributed by atoms with van der Waals surface area (Å²) < 4.78 is 0. The first kappa shape index (κ1) is 10.4. The van der Waals surface area contributed by atoms with Crippen LogP contribution in [0.5, 0.6) is 0 Å². The highest BCUT2D eigenvalue weighted by Gasteiger charge is 2.02. The van der Waals surface area contributed by atoms with Crippen molar-refractivity contribution >= 4 is 11.5 Å². The van der Waals surface area contributed by atoms with Crippen LogP contribution in [0.25, 0.3) is 0 Å². The molecule has 0 spiro atoms. The van der Waals surface area contributed by atoms with Crippen molar-refractivity contribution in [3.63, 3.8) is 0 Å². The maximum atomic E-state index is 5.88. The van der Waals surface area contributed by atoms with Crippen LogP contribution in [0, 0.1) is 6.92 Å². The van der Waals surface area contributed by atoms with Crippen LogP contribution >= 0.6 is 0 Å². The molecule has 0 aromatic carbocycles. The summed E-state index contributed by atoms with van der Waals surface area (Å²) in [5.74, 6) is 1.57. The lowest BCUT2D eigenvalue weighted by molar-refractivity contribution is 0.897. The lowest BCUT2D eigenvalue weighted by Gasteiger charge is -2.08. The van der Waals surface area contributed by atoms with Gasteiger partial charge in [-0.25, -0.2) is 9.97 Å². The Morgan fingerprint density at radius 1 is 1.44 bits per heavy atom. The average Bonchev–Trinajstić information content (AvgIpc) is 2.77. The second-order valence-electron chi connectivity index (χ2n) is 3.50. The number of H-pyrrole nitrogens is 1. The lowest BCUT2D eigenvalue weighted by Crippen LogP contribution is -2.09. The molecular formula is C10H14N6. The molecule has 0 atom stereocenters. The normalized spacial score (nSPS) is 10.3. The molecule has 2 aromatic rings. The lowest BCUT2D eigenvalue weighted by atomic mass is 10.2. The number of nitrogen functional groups attached to an aromatic ring is 1. The molecule has 0 aliphatic heterocycles. The van der Waals surface area contributed by atoms with E-state index < -0.39 is 0 Å². The Morgan fingerprint density at radius 2 is 2.31 bits per heavy atom. The Kier molecular flexibility index (Phi) is 3.00. The van der Waals surface area contributed by atoms with Gasteiger partial charge in [0.15, 0.2) is 0 Å². The molecule has 4 N–H and O–H groups in total. The Balaban J connectivity index is 1.92. The standard InChI is InChI=1S/C10H14N6/c1-7-2-4-12-10(9(7)11)13-5-3-8-14-6-15-16-8/h2,4,6H,3,5,11H2,1H3,(H,12,13)(H,14,15,16). The number of hydrogen-bond donors (Lipinski definition) is 3. The van der Waals surface area contributed by atoms with Crippen molar-refractivity contribution in [1.82, 2.24) is 20.2 Å². The van der Waals surface area contributed by atoms with Gasteiger partial charge < -0.3 is 11.1 Å². The molecular weight excluding hydrogens is 204 g/mol. The van der Waals surface area contributed by atoms with E-state index in [0.717, 1.165) is 30.2 Å². The number of nitrogens with zero attached hydrogens (tertiary/aromatic N) is 3. The van der Waals surface area contributed by atoms with Gasteiger partial charge in [-0.05, 0) is 18.6 Å². The fourth-order valence-corrected chi connectivity index (χ4v) is 1.36. The molecule has 0 amide bonds. The van der Waals surface area contributed by atoms with Crippen molar-refractivity contribution < 1.29 is 0 Å². The van der Waals surface area contributed by atoms with Crippen molar-refractivity contribution in [2.75, 3.05) is 17.6 Å². The van der Waals surface area contributed by atoms with Crippen LogP contribution in [0.3, 0.4) is 0 Å². The van der Waals surface area contributed by atoms with Crippen LogP contribution in [0.4, 0.5) is 11.5 Å². The Bertz CT molecular complexity index is 450. The summed E-state index contributed by atoms with van der Waals surface area (Å²) in [5.41, 5.74) is 7.60. The van der Waals surface area contributed by atoms with E-state index in [-0.39, 0.29) is 0 Å². The molecule has 0 unspecified atom stereocenters. The molecule has 84 valence electrons. The van der Waals surface area contributed by atoms with Crippen molar-refractivity contribution in [2.45, 2.75) is 13.3 Å². The largest absolute Gasteiger partial charge is 0.396 e. The van der Waals surface area contributed by atoms with Gasteiger partial charge in [0.2, 0.25) is 0 Å². The highest BCUT2D eigenvalue weighted by Crippen LogP contribution is 2.18. The van der Waals surface area contributed by atoms with Gasteiger partial charge in [0.25, 0.3) is 0 Å². The average molecular weight is 218 g/mol. The minimum atomic E-state index is 0.695. The molecule has 0 fully saturated rings. The number of aromatic nitrogens is 4. The zero-order chi connectivity index (χ0) is 11.4. The molecule has 2 aromatic heterocycles. The molecule has 2 rings (SSSR count). The molecule has 16 heavy (non-hydrogen) atoms. The maximum absolute atomic E-state index is 5.88. The highest BCUT2D eigenvalue weighted by molar-refractivity contribution is 5.64. The van der Waals surface area contributed by atoms with E-state index in [1.165, 1.54) is 6.33 Å². The number of nitrogens with one attached hydrogen (secondary N) is 2. The van der Waals surface area contributed by atoms with Gasteiger partial charge in [0, 0.05) is 19.2 Å². The summed E-state index contributed by atoms with van der Waals surface area (Å²) in [5, 5.41) is 9.74. The Labute approximate surface area is 93.3 Å². The first-order valence-electron chi connectivity index (χ1n) is 5.06. The second kappa shape index (κ2) is 4.61. The number of pyridine rings is 1. The molecule has 0 aliphatic carbocycles. The minimum absolute atomic E-state index is 0.695. The van der Waals surface area contributed by atoms with Crippen molar-refractivity contribution in [3.8, 4) is 0 Å². The topological polar surface area (TPSA) is 92.5 Å². The fourth-order valence-electron chi connectivity index (χ4n) is 1.36. The predicted octanol–water partition coefficient (Wildman–Crippen LogP) is 0.745. The van der Waals surface area contributed by atoms with Crippen molar-refractivity contribution in [1.29, 1.82) is 0 Å². The smallest absolute Gasteiger partial charge is 0.149 e. The summed E-state index contributed by atoms with van der Waals surface area (Å²) in [7, 11) is 0. The number of hydrogen-bond acceptors (Lipinski definition) is 5. The third-order valence-electron chi connectivity index (χ3n) is 2.33. The van der Waals surface area contributed by atoms with E-state index in [4.69, 9.17) is 5.73 Å². The van der Waals surface area contributed by atoms with Gasteiger partial charge in [-0.1, -0.05) is 0 Å². The summed E-state index contributed by atoms with van der Waals surface area (Å²) in [6.07, 6.45) is 3.99. The van der Waals surface area contributed by atoms with E-state index in [1.54, 1.807) is 6.20 Å². The molecule has 0 aliphatic rings. The number of rotatable bonds is 4. The van der Waals surface area contributed by atoms with Gasteiger partial charge >= 0.3 is 0 Å². The SMILES string of the molecule is Cc1ccnc(NCCc2ncn[nH]2)c1N. The number of nitrogens with two attached hydrogens (primary N) is 1. The third-order valence-corrected chi connectivity index (χ3v) is 2.33. The van der Waals surface area contributed by atoms with Gasteiger partial charge in [-0.15, -0.1) is 0 Å². The summed E-state index contributed by atoms with van der Waals surface area (Å²) in [6, 6.07) is 1.89. The Hall–Kier alpha value is -2.11. The quantitative estimate of drug-likeness (QED) is 0.704. The first-order chi connectivity index (χ1) is 7.77. The zero-order valence-electron chi connectivity index (χ0n) is 9.07. The molecule has 6 nitrogen and oxygen atoms in total. The van der Waals surface area contributed by atoms with Crippen molar-refractivity contribution in [2.24, 2.45) is 0 Å². The van der Waals surface area contributed by atoms with Crippen LogP contribution < -0.4 is 11.1 Å². The Morgan fingerprint density at radius 3 is 3.06 bits per heavy atom. The van der Waals surface area contributed by atoms with Gasteiger partial charge in [0.05, 0.1) is 5.69 Å². The summed E-state index contributed by atoms with van der Waals surface area (Å²) >= 11 is 0. The zero-order valence-corrected chi connectivity index (χ0v) is 9.07. The maximum Gasteiger partial charge on any atom is 0.149 e. The van der Waals surface area contributed by atoms with Gasteiger partial charge in [0.1, 0.15) is 18.0 Å². The van der Waals surface area contributed by atoms with E-state index in [1.807, 2.05) is 13.0 Å². The van der Waals surface area contributed by atoms with Crippen LogP contribution in [-0.2, 0) is 6.42 Å². The van der Waals surface area contributed by atoms with Crippen LogP contribution in [0.1, 0.15) is 11.4 Å². The molecule has 0 bridgehead atoms. The minimum Gasteiger partial charge on any atom is -0.396 e. The van der Waals surface area contributed by atoms with E-state index in [0.29, 0.717) is 5.69 Å². The monoisotopic (exact) mass is 218 g/mol. The molecule has 0 saturated carbocycles. The third kappa shape index (κ3) is 2.28. The van der Waals surface area contributed by atoms with Crippen LogP contribution in [-0.4, -0.2) is 26.7 Å². The van der Waals surface area contributed by atoms with Crippen LogP contribution in [0.2, 0.25) is 0 Å².